The maximum Gasteiger partial charge on any atom is 0.0884 e. The Bertz CT molecular complexity index is 1480. The SMILES string of the molecule is O=S1C(c2ccccc2)=C(c2ccccc2)c2sc(-c3ccccc3)c(-c3ccccc3)c21. The first-order valence-corrected chi connectivity index (χ1v) is 12.8. The van der Waals surface area contributed by atoms with Crippen LogP contribution in [0.2, 0.25) is 0 Å². The Morgan fingerprint density at radius 2 is 0.939 bits per heavy atom. The van der Waals surface area contributed by atoms with Crippen LogP contribution in [0.25, 0.3) is 32.0 Å². The summed E-state index contributed by atoms with van der Waals surface area (Å²) in [5.74, 6) is 0. The number of hydrogen-bond donors (Lipinski definition) is 0. The third-order valence-electron chi connectivity index (χ3n) is 5.89. The van der Waals surface area contributed by atoms with Crippen LogP contribution in [0.3, 0.4) is 0 Å². The van der Waals surface area contributed by atoms with Gasteiger partial charge in [-0.05, 0) is 22.3 Å². The zero-order valence-corrected chi connectivity index (χ0v) is 19.4. The second kappa shape index (κ2) is 8.43. The van der Waals surface area contributed by atoms with Crippen molar-refractivity contribution in [3.05, 3.63) is 137 Å². The van der Waals surface area contributed by atoms with Crippen molar-refractivity contribution in [3.63, 3.8) is 0 Å². The van der Waals surface area contributed by atoms with Crippen LogP contribution in [-0.2, 0) is 10.8 Å². The van der Waals surface area contributed by atoms with Crippen LogP contribution < -0.4 is 0 Å². The van der Waals surface area contributed by atoms with E-state index in [1.54, 1.807) is 11.3 Å². The van der Waals surface area contributed by atoms with Crippen LogP contribution >= 0.6 is 11.3 Å². The lowest BCUT2D eigenvalue weighted by Crippen LogP contribution is -1.94. The van der Waals surface area contributed by atoms with Crippen molar-refractivity contribution in [2.45, 2.75) is 4.90 Å². The molecule has 1 aliphatic heterocycles. The van der Waals surface area contributed by atoms with E-state index < -0.39 is 10.8 Å². The maximum atomic E-state index is 14.3. The van der Waals surface area contributed by atoms with E-state index in [1.807, 2.05) is 36.4 Å². The van der Waals surface area contributed by atoms with Crippen molar-refractivity contribution in [2.24, 2.45) is 0 Å². The van der Waals surface area contributed by atoms with Gasteiger partial charge in [-0.15, -0.1) is 11.3 Å². The molecule has 0 radical (unpaired) electrons. The fourth-order valence-corrected chi connectivity index (χ4v) is 7.84. The fraction of sp³-hybridized carbons (Fsp3) is 0. The van der Waals surface area contributed by atoms with Crippen molar-refractivity contribution >= 4 is 32.6 Å². The Hall–Kier alpha value is -3.53. The van der Waals surface area contributed by atoms with Gasteiger partial charge in [0.15, 0.2) is 0 Å². The smallest absolute Gasteiger partial charge is 0.0884 e. The molecule has 0 spiro atoms. The summed E-state index contributed by atoms with van der Waals surface area (Å²) in [7, 11) is -1.29. The fourth-order valence-electron chi connectivity index (χ4n) is 4.42. The molecule has 0 amide bonds. The van der Waals surface area contributed by atoms with E-state index in [1.165, 1.54) is 4.88 Å². The monoisotopic (exact) mass is 460 g/mol. The number of rotatable bonds is 4. The molecule has 0 bridgehead atoms. The number of benzene rings is 4. The molecule has 3 heteroatoms. The van der Waals surface area contributed by atoms with Crippen molar-refractivity contribution in [3.8, 4) is 21.6 Å². The highest BCUT2D eigenvalue weighted by molar-refractivity contribution is 7.95. The third kappa shape index (κ3) is 3.41. The van der Waals surface area contributed by atoms with Crippen LogP contribution in [0, 0.1) is 0 Å². The molecule has 1 aliphatic rings. The molecular weight excluding hydrogens is 440 g/mol. The van der Waals surface area contributed by atoms with E-state index in [0.717, 1.165) is 48.1 Å². The summed E-state index contributed by atoms with van der Waals surface area (Å²) < 4.78 is 14.3. The first-order chi connectivity index (χ1) is 16.3. The Kier molecular flexibility index (Phi) is 5.14. The Morgan fingerprint density at radius 3 is 1.48 bits per heavy atom. The first kappa shape index (κ1) is 20.1. The van der Waals surface area contributed by atoms with E-state index in [-0.39, 0.29) is 0 Å². The molecule has 6 rings (SSSR count). The lowest BCUT2D eigenvalue weighted by Gasteiger charge is -2.10. The highest BCUT2D eigenvalue weighted by atomic mass is 32.2. The Balaban J connectivity index is 1.69. The van der Waals surface area contributed by atoms with E-state index in [0.29, 0.717) is 0 Å². The second-order valence-electron chi connectivity index (χ2n) is 7.90. The summed E-state index contributed by atoms with van der Waals surface area (Å²) >= 11 is 1.75. The standard InChI is InChI=1S/C30H20OS2/c31-33-29(24-19-11-4-12-20-24)26(22-15-7-2-8-16-22)28-30(33)25(21-13-5-1-6-14-21)27(32-28)23-17-9-3-10-18-23/h1-20H. The first-order valence-electron chi connectivity index (χ1n) is 10.9. The van der Waals surface area contributed by atoms with E-state index in [2.05, 4.69) is 84.9 Å². The lowest BCUT2D eigenvalue weighted by atomic mass is 9.98. The van der Waals surface area contributed by atoms with Crippen LogP contribution in [0.5, 0.6) is 0 Å². The van der Waals surface area contributed by atoms with Gasteiger partial charge < -0.3 is 0 Å². The van der Waals surface area contributed by atoms with Gasteiger partial charge in [0.1, 0.15) is 0 Å². The third-order valence-corrected chi connectivity index (χ3v) is 8.86. The van der Waals surface area contributed by atoms with E-state index in [4.69, 9.17) is 0 Å². The molecule has 1 aromatic heterocycles. The van der Waals surface area contributed by atoms with Crippen molar-refractivity contribution in [1.82, 2.24) is 0 Å². The second-order valence-corrected chi connectivity index (χ2v) is 10.3. The van der Waals surface area contributed by atoms with E-state index in [9.17, 15) is 4.21 Å². The molecule has 0 fully saturated rings. The van der Waals surface area contributed by atoms with Gasteiger partial charge in [0.25, 0.3) is 0 Å². The summed E-state index contributed by atoms with van der Waals surface area (Å²) in [6, 6.07) is 41.3. The molecule has 2 heterocycles. The molecule has 0 N–H and O–H groups in total. The highest BCUT2D eigenvalue weighted by Crippen LogP contribution is 2.55. The van der Waals surface area contributed by atoms with Crippen molar-refractivity contribution in [1.29, 1.82) is 0 Å². The van der Waals surface area contributed by atoms with E-state index >= 15 is 0 Å². The Morgan fingerprint density at radius 1 is 0.485 bits per heavy atom. The molecular formula is C30H20OS2. The molecule has 5 aromatic rings. The normalized spacial score (nSPS) is 15.0. The topological polar surface area (TPSA) is 17.1 Å². The minimum absolute atomic E-state index is 0.903. The minimum Gasteiger partial charge on any atom is -0.249 e. The van der Waals surface area contributed by atoms with Gasteiger partial charge in [0, 0.05) is 16.0 Å². The summed E-state index contributed by atoms with van der Waals surface area (Å²) in [5, 5.41) is 0. The van der Waals surface area contributed by atoms with Crippen molar-refractivity contribution in [2.75, 3.05) is 0 Å². The van der Waals surface area contributed by atoms with Gasteiger partial charge in [-0.1, -0.05) is 121 Å². The molecule has 0 saturated carbocycles. The number of thiophene rings is 1. The number of fused-ring (bicyclic) bond motifs is 1. The average molecular weight is 461 g/mol. The summed E-state index contributed by atoms with van der Waals surface area (Å²) in [6.45, 7) is 0. The van der Waals surface area contributed by atoms with Gasteiger partial charge in [-0.2, -0.15) is 0 Å². The quantitative estimate of drug-likeness (QED) is 0.265. The van der Waals surface area contributed by atoms with Gasteiger partial charge >= 0.3 is 0 Å². The van der Waals surface area contributed by atoms with Crippen LogP contribution in [-0.4, -0.2) is 4.21 Å². The molecule has 0 saturated heterocycles. The predicted molar refractivity (Wildman–Crippen MR) is 140 cm³/mol. The molecule has 33 heavy (non-hydrogen) atoms. The summed E-state index contributed by atoms with van der Waals surface area (Å²) in [5.41, 5.74) is 6.53. The molecule has 1 atom stereocenters. The summed E-state index contributed by atoms with van der Waals surface area (Å²) in [6.07, 6.45) is 0. The molecule has 158 valence electrons. The van der Waals surface area contributed by atoms with Gasteiger partial charge in [0.05, 0.1) is 25.5 Å². The molecule has 4 aromatic carbocycles. The van der Waals surface area contributed by atoms with Crippen LogP contribution in [0.1, 0.15) is 16.0 Å². The molecule has 0 aliphatic carbocycles. The Labute approximate surface area is 200 Å². The molecule has 1 unspecified atom stereocenters. The van der Waals surface area contributed by atoms with Crippen molar-refractivity contribution < 1.29 is 4.21 Å². The zero-order valence-electron chi connectivity index (χ0n) is 17.8. The largest absolute Gasteiger partial charge is 0.249 e. The predicted octanol–water partition coefficient (Wildman–Crippen LogP) is 8.12. The van der Waals surface area contributed by atoms with Gasteiger partial charge in [-0.3, -0.25) is 0 Å². The minimum atomic E-state index is -1.29. The van der Waals surface area contributed by atoms with Crippen LogP contribution in [0.4, 0.5) is 0 Å². The van der Waals surface area contributed by atoms with Crippen LogP contribution in [0.15, 0.2) is 126 Å². The molecule has 1 nitrogen and oxygen atoms in total. The van der Waals surface area contributed by atoms with Gasteiger partial charge in [-0.25, -0.2) is 4.21 Å². The number of hydrogen-bond acceptors (Lipinski definition) is 2. The highest BCUT2D eigenvalue weighted by Gasteiger charge is 2.37. The maximum absolute atomic E-state index is 14.3. The average Bonchev–Trinajstić information content (AvgIpc) is 3.41. The van der Waals surface area contributed by atoms with Gasteiger partial charge in [0.2, 0.25) is 0 Å². The lowest BCUT2D eigenvalue weighted by molar-refractivity contribution is 0.690. The summed E-state index contributed by atoms with van der Waals surface area (Å²) in [4.78, 5) is 4.11. The zero-order chi connectivity index (χ0) is 22.2.